The second-order valence-corrected chi connectivity index (χ2v) is 6.94. The maximum absolute atomic E-state index is 12.8. The number of amides is 1. The van der Waals surface area contributed by atoms with Crippen molar-refractivity contribution in [3.8, 4) is 11.5 Å². The van der Waals surface area contributed by atoms with Crippen LogP contribution in [0.3, 0.4) is 0 Å². The van der Waals surface area contributed by atoms with Crippen molar-refractivity contribution in [3.63, 3.8) is 0 Å². The second-order valence-electron chi connectivity index (χ2n) is 6.54. The Balaban J connectivity index is 1.85. The van der Waals surface area contributed by atoms with Gasteiger partial charge in [-0.3, -0.25) is 4.79 Å². The van der Waals surface area contributed by atoms with Gasteiger partial charge in [0.2, 0.25) is 0 Å². The van der Waals surface area contributed by atoms with Crippen molar-refractivity contribution in [1.82, 2.24) is 0 Å². The molecule has 0 bridgehead atoms. The molecular formula is C23H22ClNO3. The minimum Gasteiger partial charge on any atom is -0.491 e. The van der Waals surface area contributed by atoms with E-state index in [-0.39, 0.29) is 5.91 Å². The summed E-state index contributed by atoms with van der Waals surface area (Å²) in [5, 5.41) is 3.26. The van der Waals surface area contributed by atoms with Gasteiger partial charge in [0.15, 0.2) is 11.5 Å². The van der Waals surface area contributed by atoms with Crippen molar-refractivity contribution < 1.29 is 14.3 Å². The minimum absolute atomic E-state index is 0.261. The monoisotopic (exact) mass is 395 g/mol. The summed E-state index contributed by atoms with van der Waals surface area (Å²) in [5.74, 6) is 0.564. The molecule has 3 aromatic rings. The molecule has 0 saturated carbocycles. The molecule has 0 saturated heterocycles. The number of carbonyl (C=O) groups excluding carboxylic acids is 1. The molecule has 5 heteroatoms. The molecular weight excluding hydrogens is 374 g/mol. The predicted octanol–water partition coefficient (Wildman–Crippen LogP) is 5.80. The molecule has 0 atom stereocenters. The lowest BCUT2D eigenvalue weighted by molar-refractivity contribution is 0.102. The molecule has 0 fully saturated rings. The zero-order chi connectivity index (χ0) is 20.1. The van der Waals surface area contributed by atoms with E-state index in [1.54, 1.807) is 12.1 Å². The lowest BCUT2D eigenvalue weighted by atomic mass is 10.1. The van der Waals surface area contributed by atoms with Crippen LogP contribution in [0.1, 0.15) is 27.0 Å². The largest absolute Gasteiger partial charge is 0.491 e. The quantitative estimate of drug-likeness (QED) is 0.574. The first kappa shape index (κ1) is 19.8. The zero-order valence-electron chi connectivity index (χ0n) is 16.1. The third-order valence-electron chi connectivity index (χ3n) is 4.35. The van der Waals surface area contributed by atoms with E-state index < -0.39 is 0 Å². The number of aryl methyl sites for hydroxylation is 2. The van der Waals surface area contributed by atoms with Crippen LogP contribution in [0.4, 0.5) is 5.69 Å². The van der Waals surface area contributed by atoms with Gasteiger partial charge in [0.1, 0.15) is 6.61 Å². The van der Waals surface area contributed by atoms with Gasteiger partial charge in [-0.25, -0.2) is 0 Å². The fourth-order valence-corrected chi connectivity index (χ4v) is 3.09. The van der Waals surface area contributed by atoms with Crippen molar-refractivity contribution in [2.75, 3.05) is 12.4 Å². The van der Waals surface area contributed by atoms with E-state index in [1.807, 2.05) is 62.4 Å². The Kier molecular flexibility index (Phi) is 6.22. The molecule has 0 aromatic heterocycles. The number of benzene rings is 3. The normalized spacial score (nSPS) is 10.4. The first-order valence-electron chi connectivity index (χ1n) is 8.91. The minimum atomic E-state index is -0.261. The number of ether oxygens (including phenoxy) is 2. The van der Waals surface area contributed by atoms with Gasteiger partial charge in [-0.1, -0.05) is 54.1 Å². The van der Waals surface area contributed by atoms with Crippen LogP contribution < -0.4 is 14.8 Å². The number of anilines is 1. The van der Waals surface area contributed by atoms with Gasteiger partial charge in [-0.15, -0.1) is 0 Å². The summed E-state index contributed by atoms with van der Waals surface area (Å²) in [7, 11) is 1.52. The van der Waals surface area contributed by atoms with E-state index in [0.29, 0.717) is 28.7 Å². The molecule has 0 radical (unpaired) electrons. The SMILES string of the molecule is COc1c(Cl)cc(C(=O)Nc2cc(C)ccc2C)cc1OCc1ccccc1. The summed E-state index contributed by atoms with van der Waals surface area (Å²) in [5.41, 5.74) is 4.23. The van der Waals surface area contributed by atoms with E-state index in [4.69, 9.17) is 21.1 Å². The van der Waals surface area contributed by atoms with E-state index >= 15 is 0 Å². The Morgan fingerprint density at radius 1 is 1.04 bits per heavy atom. The van der Waals surface area contributed by atoms with Crippen molar-refractivity contribution in [1.29, 1.82) is 0 Å². The van der Waals surface area contributed by atoms with Crippen molar-refractivity contribution in [2.45, 2.75) is 20.5 Å². The molecule has 3 rings (SSSR count). The molecule has 144 valence electrons. The Hall–Kier alpha value is -2.98. The van der Waals surface area contributed by atoms with Gasteiger partial charge in [-0.05, 0) is 48.7 Å². The Morgan fingerprint density at radius 3 is 2.50 bits per heavy atom. The number of methoxy groups -OCH3 is 1. The maximum atomic E-state index is 12.8. The van der Waals surface area contributed by atoms with Crippen molar-refractivity contribution in [3.05, 3.63) is 87.9 Å². The third-order valence-corrected chi connectivity index (χ3v) is 4.64. The predicted molar refractivity (Wildman–Crippen MR) is 113 cm³/mol. The summed E-state index contributed by atoms with van der Waals surface area (Å²) in [6, 6.07) is 18.9. The van der Waals surface area contributed by atoms with E-state index in [9.17, 15) is 4.79 Å². The second kappa shape index (κ2) is 8.81. The molecule has 1 N–H and O–H groups in total. The van der Waals surface area contributed by atoms with Gasteiger partial charge >= 0.3 is 0 Å². The molecule has 28 heavy (non-hydrogen) atoms. The average molecular weight is 396 g/mol. The molecule has 0 aliphatic rings. The lowest BCUT2D eigenvalue weighted by Gasteiger charge is -2.15. The summed E-state index contributed by atoms with van der Waals surface area (Å²) < 4.78 is 11.3. The number of hydrogen-bond donors (Lipinski definition) is 1. The highest BCUT2D eigenvalue weighted by atomic mass is 35.5. The van der Waals surface area contributed by atoms with Gasteiger partial charge in [-0.2, -0.15) is 0 Å². The highest BCUT2D eigenvalue weighted by Crippen LogP contribution is 2.37. The summed E-state index contributed by atoms with van der Waals surface area (Å²) in [6.07, 6.45) is 0. The van der Waals surface area contributed by atoms with Crippen molar-refractivity contribution >= 4 is 23.2 Å². The first-order chi connectivity index (χ1) is 13.5. The summed E-state index contributed by atoms with van der Waals surface area (Å²) in [6.45, 7) is 4.27. The smallest absolute Gasteiger partial charge is 0.255 e. The average Bonchev–Trinajstić information content (AvgIpc) is 2.69. The number of nitrogens with one attached hydrogen (secondary N) is 1. The number of carbonyl (C=O) groups is 1. The fraction of sp³-hybridized carbons (Fsp3) is 0.174. The number of halogens is 1. The van der Waals surface area contributed by atoms with Gasteiger partial charge in [0, 0.05) is 11.3 Å². The molecule has 1 amide bonds. The molecule has 0 spiro atoms. The molecule has 0 aliphatic heterocycles. The Labute approximate surface area is 170 Å². The number of hydrogen-bond acceptors (Lipinski definition) is 3. The van der Waals surface area contributed by atoms with Crippen LogP contribution in [0.2, 0.25) is 5.02 Å². The molecule has 0 heterocycles. The van der Waals surface area contributed by atoms with Crippen molar-refractivity contribution in [2.24, 2.45) is 0 Å². The van der Waals surface area contributed by atoms with Crippen LogP contribution in [0.15, 0.2) is 60.7 Å². The van der Waals surface area contributed by atoms with Crippen LogP contribution in [0.25, 0.3) is 0 Å². The highest BCUT2D eigenvalue weighted by Gasteiger charge is 2.17. The van der Waals surface area contributed by atoms with E-state index in [1.165, 1.54) is 7.11 Å². The zero-order valence-corrected chi connectivity index (χ0v) is 16.8. The van der Waals surface area contributed by atoms with Crippen LogP contribution in [0, 0.1) is 13.8 Å². The van der Waals surface area contributed by atoms with Crippen LogP contribution in [0.5, 0.6) is 11.5 Å². The van der Waals surface area contributed by atoms with Crippen LogP contribution in [-0.4, -0.2) is 13.0 Å². The van der Waals surface area contributed by atoms with Gasteiger partial charge in [0.25, 0.3) is 5.91 Å². The maximum Gasteiger partial charge on any atom is 0.255 e. The van der Waals surface area contributed by atoms with Crippen LogP contribution in [-0.2, 0) is 6.61 Å². The van der Waals surface area contributed by atoms with E-state index in [2.05, 4.69) is 5.32 Å². The Bertz CT molecular complexity index is 987. The lowest BCUT2D eigenvalue weighted by Crippen LogP contribution is -2.13. The van der Waals surface area contributed by atoms with E-state index in [0.717, 1.165) is 22.4 Å². The van der Waals surface area contributed by atoms with Crippen LogP contribution >= 0.6 is 11.6 Å². The van der Waals surface area contributed by atoms with Gasteiger partial charge in [0.05, 0.1) is 12.1 Å². The highest BCUT2D eigenvalue weighted by molar-refractivity contribution is 6.32. The Morgan fingerprint density at radius 2 is 1.79 bits per heavy atom. The fourth-order valence-electron chi connectivity index (χ4n) is 2.80. The topological polar surface area (TPSA) is 47.6 Å². The van der Waals surface area contributed by atoms with Gasteiger partial charge < -0.3 is 14.8 Å². The molecule has 3 aromatic carbocycles. The number of rotatable bonds is 6. The standard InChI is InChI=1S/C23H22ClNO3/c1-15-9-10-16(2)20(11-15)25-23(26)18-12-19(24)22(27-3)21(13-18)28-14-17-7-5-4-6-8-17/h4-13H,14H2,1-3H3,(H,25,26). The third kappa shape index (κ3) is 4.65. The first-order valence-corrected chi connectivity index (χ1v) is 9.28. The molecule has 0 unspecified atom stereocenters. The molecule has 0 aliphatic carbocycles. The summed E-state index contributed by atoms with van der Waals surface area (Å²) >= 11 is 6.33. The summed E-state index contributed by atoms with van der Waals surface area (Å²) in [4.78, 5) is 12.8. The molecule has 4 nitrogen and oxygen atoms in total.